The minimum atomic E-state index is -0.0334. The number of allylic oxidation sites excluding steroid dienone is 4. The summed E-state index contributed by atoms with van der Waals surface area (Å²) in [5.41, 5.74) is 0. The van der Waals surface area contributed by atoms with E-state index in [0.29, 0.717) is 0 Å². The zero-order valence-corrected chi connectivity index (χ0v) is 10.2. The molecule has 15 heavy (non-hydrogen) atoms. The largest absolute Gasteiger partial charge is 0.356 e. The highest BCUT2D eigenvalue weighted by atomic mass is 16.7. The Kier molecular flexibility index (Phi) is 11.0. The molecular weight excluding hydrogens is 188 g/mol. The average molecular weight is 212 g/mol. The third-order valence-corrected chi connectivity index (χ3v) is 2.21. The number of unbranched alkanes of at least 4 members (excludes halogenated alkanes) is 2. The minimum Gasteiger partial charge on any atom is -0.356 e. The van der Waals surface area contributed by atoms with Crippen LogP contribution in [0.2, 0.25) is 0 Å². The molecule has 0 bridgehead atoms. The Balaban J connectivity index is 3.31. The Morgan fingerprint density at radius 1 is 1.00 bits per heavy atom. The van der Waals surface area contributed by atoms with Crippen LogP contribution in [0.15, 0.2) is 24.3 Å². The summed E-state index contributed by atoms with van der Waals surface area (Å²) in [5.74, 6) is 0. The molecule has 0 radical (unpaired) electrons. The predicted molar refractivity (Wildman–Crippen MR) is 64.8 cm³/mol. The van der Waals surface area contributed by atoms with Crippen LogP contribution in [0.5, 0.6) is 0 Å². The smallest absolute Gasteiger partial charge is 0.156 e. The quantitative estimate of drug-likeness (QED) is 0.330. The molecule has 0 aliphatic rings. The van der Waals surface area contributed by atoms with Gasteiger partial charge in [-0.15, -0.1) is 0 Å². The highest BCUT2D eigenvalue weighted by Crippen LogP contribution is 2.07. The van der Waals surface area contributed by atoms with E-state index in [9.17, 15) is 0 Å². The molecule has 0 heterocycles. The summed E-state index contributed by atoms with van der Waals surface area (Å²) in [6.07, 6.45) is 14.1. The summed E-state index contributed by atoms with van der Waals surface area (Å²) in [5, 5.41) is 0. The van der Waals surface area contributed by atoms with Crippen molar-refractivity contribution in [3.63, 3.8) is 0 Å². The maximum absolute atomic E-state index is 5.11. The van der Waals surface area contributed by atoms with Crippen molar-refractivity contribution in [3.8, 4) is 0 Å². The fourth-order valence-corrected chi connectivity index (χ4v) is 1.29. The van der Waals surface area contributed by atoms with Gasteiger partial charge in [-0.1, -0.05) is 31.2 Å². The van der Waals surface area contributed by atoms with Gasteiger partial charge in [0.1, 0.15) is 0 Å². The van der Waals surface area contributed by atoms with Crippen LogP contribution in [0.4, 0.5) is 0 Å². The van der Waals surface area contributed by atoms with E-state index in [1.54, 1.807) is 14.2 Å². The second-order valence-corrected chi connectivity index (χ2v) is 3.45. The maximum Gasteiger partial charge on any atom is 0.156 e. The fourth-order valence-electron chi connectivity index (χ4n) is 1.29. The SMILES string of the molecule is CCC=CC=CCCCCC(OC)OC. The van der Waals surface area contributed by atoms with Gasteiger partial charge in [-0.3, -0.25) is 0 Å². The molecule has 0 rings (SSSR count). The standard InChI is InChI=1S/C13H24O2/c1-4-5-6-7-8-9-10-11-12-13(14-2)15-3/h5-8,13H,4,9-12H2,1-3H3. The molecule has 0 atom stereocenters. The fraction of sp³-hybridized carbons (Fsp3) is 0.692. The number of hydrogen-bond acceptors (Lipinski definition) is 2. The molecule has 2 nitrogen and oxygen atoms in total. The third kappa shape index (κ3) is 9.70. The van der Waals surface area contributed by atoms with Gasteiger partial charge < -0.3 is 9.47 Å². The van der Waals surface area contributed by atoms with Gasteiger partial charge in [-0.25, -0.2) is 0 Å². The molecule has 0 aliphatic carbocycles. The first-order chi connectivity index (χ1) is 7.35. The van der Waals surface area contributed by atoms with Crippen molar-refractivity contribution in [2.24, 2.45) is 0 Å². The van der Waals surface area contributed by atoms with Gasteiger partial charge in [0.05, 0.1) is 0 Å². The van der Waals surface area contributed by atoms with Gasteiger partial charge in [-0.05, 0) is 32.1 Å². The molecule has 0 unspecified atom stereocenters. The summed E-state index contributed by atoms with van der Waals surface area (Å²) < 4.78 is 10.2. The van der Waals surface area contributed by atoms with Gasteiger partial charge in [0.25, 0.3) is 0 Å². The summed E-state index contributed by atoms with van der Waals surface area (Å²) in [6.45, 7) is 2.14. The molecule has 88 valence electrons. The number of methoxy groups -OCH3 is 2. The van der Waals surface area contributed by atoms with Crippen LogP contribution >= 0.6 is 0 Å². The zero-order valence-electron chi connectivity index (χ0n) is 10.2. The van der Waals surface area contributed by atoms with E-state index in [1.165, 1.54) is 6.42 Å². The number of rotatable bonds is 9. The van der Waals surface area contributed by atoms with E-state index in [2.05, 4.69) is 31.2 Å². The van der Waals surface area contributed by atoms with E-state index >= 15 is 0 Å². The molecule has 0 fully saturated rings. The van der Waals surface area contributed by atoms with E-state index < -0.39 is 0 Å². The van der Waals surface area contributed by atoms with Crippen LogP contribution in [-0.2, 0) is 9.47 Å². The van der Waals surface area contributed by atoms with Crippen molar-refractivity contribution in [1.82, 2.24) is 0 Å². The van der Waals surface area contributed by atoms with E-state index in [1.807, 2.05) is 0 Å². The molecule has 0 aliphatic heterocycles. The lowest BCUT2D eigenvalue weighted by Gasteiger charge is -2.11. The molecule has 2 heteroatoms. The van der Waals surface area contributed by atoms with Crippen LogP contribution in [-0.4, -0.2) is 20.5 Å². The van der Waals surface area contributed by atoms with Crippen LogP contribution in [0.25, 0.3) is 0 Å². The topological polar surface area (TPSA) is 18.5 Å². The second kappa shape index (κ2) is 11.5. The molecule has 0 aromatic carbocycles. The average Bonchev–Trinajstić information content (AvgIpc) is 2.27. The molecule has 0 aromatic heterocycles. The maximum atomic E-state index is 5.11. The second-order valence-electron chi connectivity index (χ2n) is 3.45. The van der Waals surface area contributed by atoms with Crippen molar-refractivity contribution >= 4 is 0 Å². The minimum absolute atomic E-state index is 0.0334. The Labute approximate surface area is 94.0 Å². The first-order valence-electron chi connectivity index (χ1n) is 5.72. The van der Waals surface area contributed by atoms with Crippen molar-refractivity contribution in [2.45, 2.75) is 45.3 Å². The lowest BCUT2D eigenvalue weighted by Crippen LogP contribution is -2.12. The highest BCUT2D eigenvalue weighted by Gasteiger charge is 2.02. The molecule has 0 N–H and O–H groups in total. The Morgan fingerprint density at radius 3 is 2.27 bits per heavy atom. The number of ether oxygens (including phenoxy) is 2. The summed E-state index contributed by atoms with van der Waals surface area (Å²) in [4.78, 5) is 0. The normalized spacial score (nSPS) is 12.3. The van der Waals surface area contributed by atoms with Crippen LogP contribution in [0.1, 0.15) is 39.0 Å². The first kappa shape index (κ1) is 14.4. The van der Waals surface area contributed by atoms with Crippen LogP contribution < -0.4 is 0 Å². The number of hydrogen-bond donors (Lipinski definition) is 0. The monoisotopic (exact) mass is 212 g/mol. The molecule has 0 spiro atoms. The van der Waals surface area contributed by atoms with E-state index in [0.717, 1.165) is 25.7 Å². The van der Waals surface area contributed by atoms with Crippen molar-refractivity contribution in [1.29, 1.82) is 0 Å². The van der Waals surface area contributed by atoms with Crippen molar-refractivity contribution in [3.05, 3.63) is 24.3 Å². The van der Waals surface area contributed by atoms with Gasteiger partial charge >= 0.3 is 0 Å². The Morgan fingerprint density at radius 2 is 1.67 bits per heavy atom. The molecule has 0 amide bonds. The summed E-state index contributed by atoms with van der Waals surface area (Å²) >= 11 is 0. The van der Waals surface area contributed by atoms with Crippen LogP contribution in [0.3, 0.4) is 0 Å². The van der Waals surface area contributed by atoms with E-state index in [4.69, 9.17) is 9.47 Å². The molecule has 0 saturated carbocycles. The summed E-state index contributed by atoms with van der Waals surface area (Å²) in [7, 11) is 3.37. The molecular formula is C13H24O2. The van der Waals surface area contributed by atoms with Gasteiger partial charge in [-0.2, -0.15) is 0 Å². The Hall–Kier alpha value is -0.600. The lowest BCUT2D eigenvalue weighted by atomic mass is 10.2. The van der Waals surface area contributed by atoms with Gasteiger partial charge in [0.15, 0.2) is 6.29 Å². The van der Waals surface area contributed by atoms with Gasteiger partial charge in [0, 0.05) is 14.2 Å². The van der Waals surface area contributed by atoms with Crippen molar-refractivity contribution in [2.75, 3.05) is 14.2 Å². The summed E-state index contributed by atoms with van der Waals surface area (Å²) in [6, 6.07) is 0. The first-order valence-corrected chi connectivity index (χ1v) is 5.72. The highest BCUT2D eigenvalue weighted by molar-refractivity contribution is 5.01. The predicted octanol–water partition coefficient (Wildman–Crippen LogP) is 3.69. The van der Waals surface area contributed by atoms with Crippen LogP contribution in [0, 0.1) is 0 Å². The third-order valence-electron chi connectivity index (χ3n) is 2.21. The van der Waals surface area contributed by atoms with Gasteiger partial charge in [0.2, 0.25) is 0 Å². The van der Waals surface area contributed by atoms with Crippen molar-refractivity contribution < 1.29 is 9.47 Å². The Bertz CT molecular complexity index is 169. The lowest BCUT2D eigenvalue weighted by molar-refractivity contribution is -0.107. The zero-order chi connectivity index (χ0) is 11.4. The molecule has 0 aromatic rings. The van der Waals surface area contributed by atoms with E-state index in [-0.39, 0.29) is 6.29 Å². The molecule has 0 saturated heterocycles.